The molecule has 1 rings (SSSR count). The van der Waals surface area contributed by atoms with Gasteiger partial charge in [-0.05, 0) is 12.1 Å². The molecule has 0 aliphatic heterocycles. The predicted octanol–water partition coefficient (Wildman–Crippen LogP) is 1.37. The Labute approximate surface area is 82.3 Å². The normalized spacial score (nSPS) is 9.77. The first kappa shape index (κ1) is 9.99. The summed E-state index contributed by atoms with van der Waals surface area (Å²) in [5, 5.41) is 0.584. The van der Waals surface area contributed by atoms with E-state index in [1.807, 2.05) is 0 Å². The van der Waals surface area contributed by atoms with Gasteiger partial charge >= 0.3 is 0 Å². The number of aromatic nitrogens is 1. The van der Waals surface area contributed by atoms with E-state index in [4.69, 9.17) is 11.6 Å². The van der Waals surface area contributed by atoms with Crippen LogP contribution >= 0.6 is 11.6 Å². The second-order valence-electron chi connectivity index (χ2n) is 2.93. The maximum absolute atomic E-state index is 11.3. The van der Waals surface area contributed by atoms with Crippen molar-refractivity contribution in [1.82, 2.24) is 9.88 Å². The summed E-state index contributed by atoms with van der Waals surface area (Å²) in [5.41, 5.74) is 0.739. The third-order valence-electron chi connectivity index (χ3n) is 1.62. The van der Waals surface area contributed by atoms with E-state index < -0.39 is 0 Å². The second kappa shape index (κ2) is 4.23. The minimum absolute atomic E-state index is 0.0369. The van der Waals surface area contributed by atoms with Crippen LogP contribution in [0.1, 0.15) is 5.69 Å². The number of hydrogen-bond donors (Lipinski definition) is 0. The Bertz CT molecular complexity index is 295. The number of carbonyl (C=O) groups is 1. The molecule has 3 nitrogen and oxygen atoms in total. The van der Waals surface area contributed by atoms with Crippen molar-refractivity contribution in [3.63, 3.8) is 0 Å². The van der Waals surface area contributed by atoms with Gasteiger partial charge in [-0.2, -0.15) is 0 Å². The van der Waals surface area contributed by atoms with Crippen LogP contribution in [0.4, 0.5) is 0 Å². The van der Waals surface area contributed by atoms with Crippen LogP contribution in [0, 0.1) is 0 Å². The van der Waals surface area contributed by atoms with Crippen LogP contribution < -0.4 is 0 Å². The molecule has 1 aromatic heterocycles. The minimum Gasteiger partial charge on any atom is -0.348 e. The van der Waals surface area contributed by atoms with E-state index in [0.717, 1.165) is 5.69 Å². The summed E-state index contributed by atoms with van der Waals surface area (Å²) >= 11 is 5.65. The van der Waals surface area contributed by atoms with E-state index in [9.17, 15) is 4.79 Å². The van der Waals surface area contributed by atoms with Crippen molar-refractivity contribution in [3.8, 4) is 0 Å². The fraction of sp³-hybridized carbons (Fsp3) is 0.333. The summed E-state index contributed by atoms with van der Waals surface area (Å²) in [6.45, 7) is 0. The fourth-order valence-electron chi connectivity index (χ4n) is 0.824. The molecule has 0 saturated heterocycles. The lowest BCUT2D eigenvalue weighted by Crippen LogP contribution is -2.23. The van der Waals surface area contributed by atoms with Crippen LogP contribution in [0.2, 0.25) is 5.02 Å². The van der Waals surface area contributed by atoms with Crippen LogP contribution in [-0.4, -0.2) is 29.9 Å². The van der Waals surface area contributed by atoms with Gasteiger partial charge in [0.15, 0.2) is 0 Å². The van der Waals surface area contributed by atoms with E-state index >= 15 is 0 Å². The van der Waals surface area contributed by atoms with Crippen molar-refractivity contribution in [2.75, 3.05) is 14.1 Å². The maximum atomic E-state index is 11.3. The van der Waals surface area contributed by atoms with Crippen LogP contribution in [0.3, 0.4) is 0 Å². The quantitative estimate of drug-likeness (QED) is 0.719. The molecule has 0 radical (unpaired) electrons. The molecule has 0 bridgehead atoms. The molecule has 70 valence electrons. The van der Waals surface area contributed by atoms with Crippen molar-refractivity contribution >= 4 is 17.5 Å². The average molecular weight is 199 g/mol. The molecule has 0 atom stereocenters. The standard InChI is InChI=1S/C9H11ClN2O/c1-12(2)9(13)5-8-4-3-7(10)6-11-8/h3-4,6H,5H2,1-2H3. The summed E-state index contributed by atoms with van der Waals surface area (Å²) < 4.78 is 0. The SMILES string of the molecule is CN(C)C(=O)Cc1ccc(Cl)cn1. The van der Waals surface area contributed by atoms with Crippen molar-refractivity contribution in [1.29, 1.82) is 0 Å². The molecule has 0 spiro atoms. The molecule has 13 heavy (non-hydrogen) atoms. The van der Waals surface area contributed by atoms with Crippen molar-refractivity contribution in [3.05, 3.63) is 29.0 Å². The molecular formula is C9H11ClN2O. The molecule has 0 unspecified atom stereocenters. The number of rotatable bonds is 2. The monoisotopic (exact) mass is 198 g/mol. The van der Waals surface area contributed by atoms with Gasteiger partial charge in [-0.15, -0.1) is 0 Å². The number of halogens is 1. The van der Waals surface area contributed by atoms with Gasteiger partial charge in [0.2, 0.25) is 5.91 Å². The van der Waals surface area contributed by atoms with Crippen LogP contribution in [0.15, 0.2) is 18.3 Å². The lowest BCUT2D eigenvalue weighted by molar-refractivity contribution is -0.128. The number of pyridine rings is 1. The first-order valence-corrected chi connectivity index (χ1v) is 4.28. The largest absolute Gasteiger partial charge is 0.348 e. The molecule has 0 aliphatic rings. The third kappa shape index (κ3) is 3.03. The smallest absolute Gasteiger partial charge is 0.228 e. The van der Waals surface area contributed by atoms with Gasteiger partial charge in [0.25, 0.3) is 0 Å². The number of amides is 1. The zero-order chi connectivity index (χ0) is 9.84. The highest BCUT2D eigenvalue weighted by atomic mass is 35.5. The number of likely N-dealkylation sites (N-methyl/N-ethyl adjacent to an activating group) is 1. The molecule has 0 saturated carbocycles. The summed E-state index contributed by atoms with van der Waals surface area (Å²) in [5.74, 6) is 0.0369. The van der Waals surface area contributed by atoms with E-state index in [0.29, 0.717) is 11.4 Å². The van der Waals surface area contributed by atoms with Crippen LogP contribution in [0.5, 0.6) is 0 Å². The highest BCUT2D eigenvalue weighted by Gasteiger charge is 2.05. The second-order valence-corrected chi connectivity index (χ2v) is 3.37. The van der Waals surface area contributed by atoms with E-state index in [1.165, 1.54) is 4.90 Å². The summed E-state index contributed by atoms with van der Waals surface area (Å²) in [6.07, 6.45) is 1.87. The van der Waals surface area contributed by atoms with E-state index in [-0.39, 0.29) is 5.91 Å². The summed E-state index contributed by atoms with van der Waals surface area (Å²) in [4.78, 5) is 16.8. The molecule has 0 fully saturated rings. The van der Waals surface area contributed by atoms with Gasteiger partial charge in [-0.25, -0.2) is 0 Å². The molecule has 4 heteroatoms. The Balaban J connectivity index is 2.65. The molecule has 1 amide bonds. The van der Waals surface area contributed by atoms with Crippen molar-refractivity contribution in [2.24, 2.45) is 0 Å². The van der Waals surface area contributed by atoms with Gasteiger partial charge in [0.1, 0.15) is 0 Å². The van der Waals surface area contributed by atoms with E-state index in [1.54, 1.807) is 32.4 Å². The molecule has 0 N–H and O–H groups in total. The van der Waals surface area contributed by atoms with Crippen LogP contribution in [-0.2, 0) is 11.2 Å². The highest BCUT2D eigenvalue weighted by Crippen LogP contribution is 2.06. The van der Waals surface area contributed by atoms with Gasteiger partial charge in [0.05, 0.1) is 11.4 Å². The molecular weight excluding hydrogens is 188 g/mol. The number of nitrogens with zero attached hydrogens (tertiary/aromatic N) is 2. The average Bonchev–Trinajstić information content (AvgIpc) is 2.08. The number of carbonyl (C=O) groups excluding carboxylic acids is 1. The minimum atomic E-state index is 0.0369. The molecule has 0 aliphatic carbocycles. The third-order valence-corrected chi connectivity index (χ3v) is 1.84. The van der Waals surface area contributed by atoms with Gasteiger partial charge in [-0.3, -0.25) is 9.78 Å². The maximum Gasteiger partial charge on any atom is 0.228 e. The van der Waals surface area contributed by atoms with Gasteiger partial charge in [-0.1, -0.05) is 11.6 Å². The lowest BCUT2D eigenvalue weighted by Gasteiger charge is -2.09. The number of hydrogen-bond acceptors (Lipinski definition) is 2. The zero-order valence-electron chi connectivity index (χ0n) is 7.62. The summed E-state index contributed by atoms with van der Waals surface area (Å²) in [6, 6.07) is 3.48. The predicted molar refractivity (Wildman–Crippen MR) is 51.6 cm³/mol. The molecule has 1 heterocycles. The van der Waals surface area contributed by atoms with E-state index in [2.05, 4.69) is 4.98 Å². The first-order valence-electron chi connectivity index (χ1n) is 3.90. The molecule has 0 aromatic carbocycles. The molecule has 1 aromatic rings. The Kier molecular flexibility index (Phi) is 3.25. The summed E-state index contributed by atoms with van der Waals surface area (Å²) in [7, 11) is 3.44. The zero-order valence-corrected chi connectivity index (χ0v) is 8.38. The Morgan fingerprint density at radius 2 is 2.23 bits per heavy atom. The van der Waals surface area contributed by atoms with Gasteiger partial charge < -0.3 is 4.90 Å². The Morgan fingerprint density at radius 3 is 2.69 bits per heavy atom. The van der Waals surface area contributed by atoms with Crippen molar-refractivity contribution < 1.29 is 4.79 Å². The topological polar surface area (TPSA) is 33.2 Å². The van der Waals surface area contributed by atoms with Gasteiger partial charge in [0, 0.05) is 26.0 Å². The lowest BCUT2D eigenvalue weighted by atomic mass is 10.2. The van der Waals surface area contributed by atoms with Crippen molar-refractivity contribution in [2.45, 2.75) is 6.42 Å². The fourth-order valence-corrected chi connectivity index (χ4v) is 0.936. The Hall–Kier alpha value is -1.09. The first-order chi connectivity index (χ1) is 6.09. The van der Waals surface area contributed by atoms with Crippen LogP contribution in [0.25, 0.3) is 0 Å². The Morgan fingerprint density at radius 1 is 1.54 bits per heavy atom. The highest BCUT2D eigenvalue weighted by molar-refractivity contribution is 6.30.